The molecule has 0 aliphatic carbocycles. The zero-order valence-electron chi connectivity index (χ0n) is 17.9. The Morgan fingerprint density at radius 2 is 0.857 bits per heavy atom. The summed E-state index contributed by atoms with van der Waals surface area (Å²) in [6.07, 6.45) is -8.93. The van der Waals surface area contributed by atoms with Crippen LogP contribution < -0.4 is 15.6 Å². The molecule has 3 rings (SSSR count). The molecule has 11 heteroatoms. The summed E-state index contributed by atoms with van der Waals surface area (Å²) in [5.74, 6) is -19.3. The minimum absolute atomic E-state index is 0.535. The van der Waals surface area contributed by atoms with Crippen LogP contribution in [0.2, 0.25) is 0 Å². The lowest BCUT2D eigenvalue weighted by atomic mass is 10.0. The van der Waals surface area contributed by atoms with Crippen molar-refractivity contribution < 1.29 is 43.9 Å². The van der Waals surface area contributed by atoms with E-state index in [1.165, 1.54) is 0 Å². The Morgan fingerprint density at radius 3 is 1.17 bits per heavy atom. The van der Waals surface area contributed by atoms with Gasteiger partial charge in [0.05, 0.1) is 0 Å². The summed E-state index contributed by atoms with van der Waals surface area (Å²) in [5.41, 5.74) is 0. The van der Waals surface area contributed by atoms with Crippen molar-refractivity contribution in [3.63, 3.8) is 0 Å². The molecule has 0 N–H and O–H groups in total. The van der Waals surface area contributed by atoms with Gasteiger partial charge in [-0.2, -0.15) is 39.5 Å². The van der Waals surface area contributed by atoms with Crippen LogP contribution in [0.25, 0.3) is 0 Å². The first-order valence-electron chi connectivity index (χ1n) is 10.3. The normalized spacial score (nSPS) is 13.6. The van der Waals surface area contributed by atoms with E-state index in [9.17, 15) is 39.5 Å². The number of benzene rings is 3. The summed E-state index contributed by atoms with van der Waals surface area (Å²) >= 11 is 0. The fourth-order valence-electron chi connectivity index (χ4n) is 3.67. The van der Waals surface area contributed by atoms with Crippen molar-refractivity contribution in [2.24, 2.45) is 0 Å². The Labute approximate surface area is 196 Å². The van der Waals surface area contributed by atoms with Crippen molar-refractivity contribution in [3.8, 4) is 0 Å². The lowest BCUT2D eigenvalue weighted by Crippen LogP contribution is -2.69. The predicted molar refractivity (Wildman–Crippen MR) is 115 cm³/mol. The van der Waals surface area contributed by atoms with Gasteiger partial charge in [-0.05, 0) is 15.6 Å². The molecule has 35 heavy (non-hydrogen) atoms. The summed E-state index contributed by atoms with van der Waals surface area (Å²) in [7, 11) is -3.65. The molecule has 0 unspecified atom stereocenters. The summed E-state index contributed by atoms with van der Waals surface area (Å²) in [6, 6.07) is 24.9. The fraction of sp³-hybridized carbons (Fsp3) is 0.250. The highest BCUT2D eigenvalue weighted by Gasteiger charge is 2.81. The standard InChI is InChI=1S/C24H19F9OSi/c25-21(26,22(27,28)23(29,30)24(31,32)33)16-17-34-35(18-10-4-1-5-11-18,19-12-6-2-7-13-19)20-14-8-3-9-15-20/h1-15H,16-17H2. The van der Waals surface area contributed by atoms with E-state index in [0.717, 1.165) is 0 Å². The summed E-state index contributed by atoms with van der Waals surface area (Å²) in [6.45, 7) is -1.21. The first kappa shape index (κ1) is 26.8. The van der Waals surface area contributed by atoms with Crippen LogP contribution in [0.15, 0.2) is 91.0 Å². The van der Waals surface area contributed by atoms with Crippen LogP contribution >= 0.6 is 0 Å². The topological polar surface area (TPSA) is 9.23 Å². The van der Waals surface area contributed by atoms with Gasteiger partial charge in [0.1, 0.15) is 0 Å². The molecule has 0 radical (unpaired) electrons. The molecule has 0 aliphatic rings. The largest absolute Gasteiger partial charge is 0.460 e. The van der Waals surface area contributed by atoms with Gasteiger partial charge in [0.15, 0.2) is 0 Å². The second-order valence-electron chi connectivity index (χ2n) is 7.73. The Morgan fingerprint density at radius 1 is 0.514 bits per heavy atom. The van der Waals surface area contributed by atoms with Gasteiger partial charge in [0.2, 0.25) is 0 Å². The molecule has 1 nitrogen and oxygen atoms in total. The summed E-state index contributed by atoms with van der Waals surface area (Å²) < 4.78 is 126. The number of hydrogen-bond acceptors (Lipinski definition) is 1. The van der Waals surface area contributed by atoms with Gasteiger partial charge in [-0.1, -0.05) is 91.0 Å². The Bertz CT molecular complexity index is 992. The van der Waals surface area contributed by atoms with E-state index in [4.69, 9.17) is 4.43 Å². The second-order valence-corrected chi connectivity index (χ2v) is 11.1. The lowest BCUT2D eigenvalue weighted by Gasteiger charge is -2.36. The third-order valence-corrected chi connectivity index (χ3v) is 9.56. The van der Waals surface area contributed by atoms with Crippen molar-refractivity contribution in [1.29, 1.82) is 0 Å². The molecule has 188 valence electrons. The van der Waals surface area contributed by atoms with Crippen LogP contribution in [-0.4, -0.2) is 38.9 Å². The quantitative estimate of drug-likeness (QED) is 0.204. The molecule has 0 fully saturated rings. The Balaban J connectivity index is 2.03. The van der Waals surface area contributed by atoms with Crippen molar-refractivity contribution in [2.45, 2.75) is 30.4 Å². The van der Waals surface area contributed by atoms with Crippen LogP contribution in [0.3, 0.4) is 0 Å². The van der Waals surface area contributed by atoms with Crippen molar-refractivity contribution >= 4 is 23.9 Å². The van der Waals surface area contributed by atoms with Crippen LogP contribution in [0.4, 0.5) is 39.5 Å². The van der Waals surface area contributed by atoms with E-state index in [0.29, 0.717) is 15.6 Å². The van der Waals surface area contributed by atoms with Gasteiger partial charge in [0, 0.05) is 13.0 Å². The maximum Gasteiger partial charge on any atom is 0.460 e. The molecular formula is C24H19F9OSi. The summed E-state index contributed by atoms with van der Waals surface area (Å²) in [5, 5.41) is 1.61. The monoisotopic (exact) mass is 522 g/mol. The fourth-order valence-corrected chi connectivity index (χ4v) is 7.56. The molecule has 0 atom stereocenters. The number of rotatable bonds is 9. The maximum atomic E-state index is 14.2. The van der Waals surface area contributed by atoms with Crippen molar-refractivity contribution in [1.82, 2.24) is 0 Å². The van der Waals surface area contributed by atoms with E-state index >= 15 is 0 Å². The molecule has 0 saturated carbocycles. The van der Waals surface area contributed by atoms with Gasteiger partial charge in [-0.25, -0.2) is 0 Å². The lowest BCUT2D eigenvalue weighted by molar-refractivity contribution is -0.397. The molecule has 0 heterocycles. The molecule has 0 spiro atoms. The third-order valence-electron chi connectivity index (χ3n) is 5.49. The highest BCUT2D eigenvalue weighted by atomic mass is 28.4. The molecule has 0 amide bonds. The molecule has 0 aromatic heterocycles. The average Bonchev–Trinajstić information content (AvgIpc) is 2.82. The van der Waals surface area contributed by atoms with Gasteiger partial charge >= 0.3 is 23.9 Å². The number of alkyl halides is 9. The van der Waals surface area contributed by atoms with Crippen LogP contribution in [0.5, 0.6) is 0 Å². The van der Waals surface area contributed by atoms with Crippen LogP contribution in [0.1, 0.15) is 6.42 Å². The second kappa shape index (κ2) is 9.69. The molecule has 0 aliphatic heterocycles. The first-order valence-corrected chi connectivity index (χ1v) is 12.2. The molecule has 0 bridgehead atoms. The van der Waals surface area contributed by atoms with Crippen molar-refractivity contribution in [2.75, 3.05) is 6.61 Å². The van der Waals surface area contributed by atoms with Crippen LogP contribution in [0, 0.1) is 0 Å². The minimum Gasteiger partial charge on any atom is -0.404 e. The average molecular weight is 522 g/mol. The molecule has 0 saturated heterocycles. The van der Waals surface area contributed by atoms with Gasteiger partial charge in [0.25, 0.3) is 8.32 Å². The smallest absolute Gasteiger partial charge is 0.404 e. The van der Waals surface area contributed by atoms with Gasteiger partial charge < -0.3 is 4.43 Å². The summed E-state index contributed by atoms with van der Waals surface area (Å²) in [4.78, 5) is 0. The van der Waals surface area contributed by atoms with E-state index in [1.54, 1.807) is 91.0 Å². The minimum atomic E-state index is -6.93. The first-order chi connectivity index (χ1) is 16.3. The van der Waals surface area contributed by atoms with E-state index in [-0.39, 0.29) is 0 Å². The number of hydrogen-bond donors (Lipinski definition) is 0. The molecule has 3 aromatic carbocycles. The van der Waals surface area contributed by atoms with E-state index in [1.807, 2.05) is 0 Å². The Kier molecular flexibility index (Phi) is 7.42. The predicted octanol–water partition coefficient (Wildman–Crippen LogP) is 5.53. The highest BCUT2D eigenvalue weighted by Crippen LogP contribution is 2.54. The van der Waals surface area contributed by atoms with Gasteiger partial charge in [-0.3, -0.25) is 0 Å². The third kappa shape index (κ3) is 4.83. The zero-order valence-corrected chi connectivity index (χ0v) is 18.9. The molecular weight excluding hydrogens is 503 g/mol. The Hall–Kier alpha value is -2.79. The maximum absolute atomic E-state index is 14.2. The molecule has 3 aromatic rings. The highest BCUT2D eigenvalue weighted by molar-refractivity contribution is 7.07. The van der Waals surface area contributed by atoms with Gasteiger partial charge in [-0.15, -0.1) is 0 Å². The van der Waals surface area contributed by atoms with E-state index in [2.05, 4.69) is 0 Å². The SMILES string of the molecule is FC(F)(F)C(F)(F)C(F)(F)C(F)(F)CCO[Si](c1ccccc1)(c1ccccc1)c1ccccc1. The zero-order chi connectivity index (χ0) is 26.0. The number of halogens is 9. The van der Waals surface area contributed by atoms with Crippen molar-refractivity contribution in [3.05, 3.63) is 91.0 Å². The van der Waals surface area contributed by atoms with E-state index < -0.39 is 45.3 Å². The van der Waals surface area contributed by atoms with Crippen LogP contribution in [-0.2, 0) is 4.43 Å².